The molecule has 1 N–H and O–H groups in total. The molecule has 0 aromatic carbocycles. The van der Waals surface area contributed by atoms with E-state index < -0.39 is 0 Å². The number of hydrogen-bond donors (Lipinski definition) is 1. The molecule has 0 unspecified atom stereocenters. The van der Waals surface area contributed by atoms with Gasteiger partial charge in [-0.1, -0.05) is 0 Å². The van der Waals surface area contributed by atoms with E-state index in [-0.39, 0.29) is 5.91 Å². The molecule has 1 amide bonds. The van der Waals surface area contributed by atoms with Gasteiger partial charge in [0.1, 0.15) is 0 Å². The van der Waals surface area contributed by atoms with Gasteiger partial charge >= 0.3 is 0 Å². The van der Waals surface area contributed by atoms with Gasteiger partial charge < -0.3 is 10.2 Å². The number of nitrogens with one attached hydrogen (secondary N) is 1. The first-order valence-electron chi connectivity index (χ1n) is 8.21. The lowest BCUT2D eigenvalue weighted by atomic mass is 10.2. The maximum Gasteiger partial charge on any atom is 0.225 e. The van der Waals surface area contributed by atoms with Crippen molar-refractivity contribution in [2.75, 3.05) is 37.6 Å². The van der Waals surface area contributed by atoms with Crippen LogP contribution in [0.15, 0.2) is 43.0 Å². The maximum atomic E-state index is 12.0. The highest BCUT2D eigenvalue weighted by atomic mass is 16.1. The van der Waals surface area contributed by atoms with Crippen LogP contribution in [0.1, 0.15) is 12.0 Å². The molecular formula is C17H22N6O. The lowest BCUT2D eigenvalue weighted by Crippen LogP contribution is -2.47. The summed E-state index contributed by atoms with van der Waals surface area (Å²) in [7, 11) is 0. The lowest BCUT2D eigenvalue weighted by molar-refractivity contribution is -0.121. The van der Waals surface area contributed by atoms with Crippen molar-refractivity contribution >= 4 is 11.9 Å². The molecule has 0 bridgehead atoms. The Labute approximate surface area is 141 Å². The predicted molar refractivity (Wildman–Crippen MR) is 91.4 cm³/mol. The van der Waals surface area contributed by atoms with E-state index in [4.69, 9.17) is 0 Å². The standard InChI is InChI=1S/C17H22N6O/c24-16(21-14-15-2-7-18-8-3-15)4-9-22-10-12-23(13-11-22)17-19-5-1-6-20-17/h1-3,5-8H,4,9-14H2,(H,21,24). The first kappa shape index (κ1) is 16.3. The summed E-state index contributed by atoms with van der Waals surface area (Å²) in [5.74, 6) is 0.868. The Morgan fingerprint density at radius 1 is 1.04 bits per heavy atom. The Morgan fingerprint density at radius 3 is 2.46 bits per heavy atom. The molecule has 1 saturated heterocycles. The fraction of sp³-hybridized carbons (Fsp3) is 0.412. The van der Waals surface area contributed by atoms with Crippen LogP contribution in [0.2, 0.25) is 0 Å². The topological polar surface area (TPSA) is 74.2 Å². The van der Waals surface area contributed by atoms with Gasteiger partial charge in [0.25, 0.3) is 0 Å². The average molecular weight is 326 g/mol. The fourth-order valence-electron chi connectivity index (χ4n) is 2.68. The molecule has 2 aromatic rings. The highest BCUT2D eigenvalue weighted by Gasteiger charge is 2.18. The van der Waals surface area contributed by atoms with Gasteiger partial charge in [0.2, 0.25) is 11.9 Å². The van der Waals surface area contributed by atoms with Crippen LogP contribution < -0.4 is 10.2 Å². The van der Waals surface area contributed by atoms with Crippen molar-refractivity contribution in [3.05, 3.63) is 48.5 Å². The van der Waals surface area contributed by atoms with Crippen molar-refractivity contribution in [2.24, 2.45) is 0 Å². The van der Waals surface area contributed by atoms with Gasteiger partial charge in [0.15, 0.2) is 0 Å². The van der Waals surface area contributed by atoms with Crippen LogP contribution in [0, 0.1) is 0 Å². The van der Waals surface area contributed by atoms with Gasteiger partial charge in [-0.25, -0.2) is 9.97 Å². The zero-order chi connectivity index (χ0) is 16.6. The number of aromatic nitrogens is 3. The molecule has 1 aliphatic rings. The molecule has 1 fully saturated rings. The van der Waals surface area contributed by atoms with Crippen LogP contribution in [0.4, 0.5) is 5.95 Å². The van der Waals surface area contributed by atoms with E-state index in [1.165, 1.54) is 0 Å². The number of pyridine rings is 1. The summed E-state index contributed by atoms with van der Waals surface area (Å²) in [6.45, 7) is 4.98. The minimum absolute atomic E-state index is 0.0839. The predicted octanol–water partition coefficient (Wildman–Crippen LogP) is 0.700. The molecule has 7 heteroatoms. The number of carbonyl (C=O) groups is 1. The van der Waals surface area contributed by atoms with Crippen LogP contribution in [-0.2, 0) is 11.3 Å². The molecule has 0 aliphatic carbocycles. The second-order valence-corrected chi connectivity index (χ2v) is 5.76. The molecule has 7 nitrogen and oxygen atoms in total. The lowest BCUT2D eigenvalue weighted by Gasteiger charge is -2.34. The quantitative estimate of drug-likeness (QED) is 0.842. The zero-order valence-corrected chi connectivity index (χ0v) is 13.6. The maximum absolute atomic E-state index is 12.0. The van der Waals surface area contributed by atoms with Gasteiger partial charge in [-0.05, 0) is 23.8 Å². The molecule has 126 valence electrons. The van der Waals surface area contributed by atoms with Gasteiger partial charge in [-0.2, -0.15) is 0 Å². The Kier molecular flexibility index (Phi) is 5.68. The summed E-state index contributed by atoms with van der Waals surface area (Å²) < 4.78 is 0. The van der Waals surface area contributed by atoms with E-state index in [1.807, 2.05) is 18.2 Å². The Bertz CT molecular complexity index is 628. The number of piperazine rings is 1. The number of hydrogen-bond acceptors (Lipinski definition) is 6. The second-order valence-electron chi connectivity index (χ2n) is 5.76. The number of carbonyl (C=O) groups excluding carboxylic acids is 1. The molecule has 3 rings (SSSR count). The van der Waals surface area contributed by atoms with Gasteiger partial charge in [-0.15, -0.1) is 0 Å². The summed E-state index contributed by atoms with van der Waals surface area (Å²) in [5, 5.41) is 2.95. The molecule has 3 heterocycles. The first-order valence-corrected chi connectivity index (χ1v) is 8.21. The van der Waals surface area contributed by atoms with Gasteiger partial charge in [-0.3, -0.25) is 14.7 Å². The highest BCUT2D eigenvalue weighted by Crippen LogP contribution is 2.09. The van der Waals surface area contributed by atoms with Gasteiger partial charge in [0, 0.05) is 70.5 Å². The SMILES string of the molecule is O=C(CCN1CCN(c2ncccn2)CC1)NCc1ccncc1. The highest BCUT2D eigenvalue weighted by molar-refractivity contribution is 5.76. The van der Waals surface area contributed by atoms with Crippen LogP contribution >= 0.6 is 0 Å². The van der Waals surface area contributed by atoms with E-state index in [0.29, 0.717) is 13.0 Å². The fourth-order valence-corrected chi connectivity index (χ4v) is 2.68. The largest absolute Gasteiger partial charge is 0.352 e. The molecule has 0 saturated carbocycles. The van der Waals surface area contributed by atoms with Crippen molar-refractivity contribution in [2.45, 2.75) is 13.0 Å². The van der Waals surface area contributed by atoms with Crippen molar-refractivity contribution in [3.63, 3.8) is 0 Å². The molecule has 0 radical (unpaired) electrons. The third-order valence-electron chi connectivity index (χ3n) is 4.10. The van der Waals surface area contributed by atoms with Crippen LogP contribution in [-0.4, -0.2) is 58.5 Å². The number of rotatable bonds is 6. The van der Waals surface area contributed by atoms with Crippen LogP contribution in [0.5, 0.6) is 0 Å². The Balaban J connectivity index is 1.35. The Hall–Kier alpha value is -2.54. The monoisotopic (exact) mass is 326 g/mol. The van der Waals surface area contributed by atoms with Gasteiger partial charge in [0.05, 0.1) is 0 Å². The molecular weight excluding hydrogens is 304 g/mol. The zero-order valence-electron chi connectivity index (χ0n) is 13.6. The van der Waals surface area contributed by atoms with E-state index >= 15 is 0 Å². The van der Waals surface area contributed by atoms with E-state index in [0.717, 1.165) is 44.2 Å². The average Bonchev–Trinajstić information content (AvgIpc) is 2.67. The Morgan fingerprint density at radius 2 is 1.75 bits per heavy atom. The van der Waals surface area contributed by atoms with Crippen molar-refractivity contribution in [1.82, 2.24) is 25.2 Å². The summed E-state index contributed by atoms with van der Waals surface area (Å²) in [6, 6.07) is 5.64. The van der Waals surface area contributed by atoms with E-state index in [2.05, 4.69) is 30.1 Å². The number of amides is 1. The third-order valence-corrected chi connectivity index (χ3v) is 4.10. The van der Waals surface area contributed by atoms with Crippen LogP contribution in [0.25, 0.3) is 0 Å². The number of nitrogens with zero attached hydrogens (tertiary/aromatic N) is 5. The number of anilines is 1. The van der Waals surface area contributed by atoms with Crippen LogP contribution in [0.3, 0.4) is 0 Å². The van der Waals surface area contributed by atoms with Crippen molar-refractivity contribution in [3.8, 4) is 0 Å². The summed E-state index contributed by atoms with van der Waals surface area (Å²) in [5.41, 5.74) is 1.06. The summed E-state index contributed by atoms with van der Waals surface area (Å²) in [4.78, 5) is 29.0. The minimum Gasteiger partial charge on any atom is -0.352 e. The summed E-state index contributed by atoms with van der Waals surface area (Å²) in [6.07, 6.45) is 7.52. The summed E-state index contributed by atoms with van der Waals surface area (Å²) >= 11 is 0. The third kappa shape index (κ3) is 4.73. The van der Waals surface area contributed by atoms with Crippen molar-refractivity contribution < 1.29 is 4.79 Å². The molecule has 2 aromatic heterocycles. The molecule has 0 atom stereocenters. The second kappa shape index (κ2) is 8.35. The molecule has 24 heavy (non-hydrogen) atoms. The van der Waals surface area contributed by atoms with E-state index in [1.54, 1.807) is 24.8 Å². The minimum atomic E-state index is 0.0839. The van der Waals surface area contributed by atoms with E-state index in [9.17, 15) is 4.79 Å². The van der Waals surface area contributed by atoms with Crippen molar-refractivity contribution in [1.29, 1.82) is 0 Å². The smallest absolute Gasteiger partial charge is 0.225 e. The molecule has 1 aliphatic heterocycles. The molecule has 0 spiro atoms. The first-order chi connectivity index (χ1) is 11.8. The normalized spacial score (nSPS) is 15.2.